The van der Waals surface area contributed by atoms with Crippen LogP contribution in [0.1, 0.15) is 85.0 Å². The Balaban J connectivity index is 1.09. The molecule has 5 heteroatoms. The van der Waals surface area contributed by atoms with Crippen molar-refractivity contribution < 1.29 is 6.51 Å². The van der Waals surface area contributed by atoms with Gasteiger partial charge in [-0.1, -0.05) is 0 Å². The van der Waals surface area contributed by atoms with Crippen LogP contribution in [0.4, 0.5) is 0 Å². The summed E-state index contributed by atoms with van der Waals surface area (Å²) >= 11 is 0. The quantitative estimate of drug-likeness (QED) is 0.244. The van der Waals surface area contributed by atoms with E-state index in [4.69, 9.17) is 0 Å². The Morgan fingerprint density at radius 2 is 1.13 bits per heavy atom. The van der Waals surface area contributed by atoms with Crippen molar-refractivity contribution in [2.45, 2.75) is 155 Å². The van der Waals surface area contributed by atoms with Crippen LogP contribution >= 0.6 is 18.5 Å². The summed E-state index contributed by atoms with van der Waals surface area (Å²) in [6.07, 6.45) is 15.5. The monoisotopic (exact) mass is 606 g/mol. The van der Waals surface area contributed by atoms with Gasteiger partial charge in [-0.2, -0.15) is 0 Å². The van der Waals surface area contributed by atoms with Gasteiger partial charge in [0.2, 0.25) is 0 Å². The predicted octanol–water partition coefficient (Wildman–Crippen LogP) is 8.11. The van der Waals surface area contributed by atoms with E-state index in [0.717, 1.165) is 38.5 Å². The second kappa shape index (κ2) is 3.15. The summed E-state index contributed by atoms with van der Waals surface area (Å²) in [5, 5.41) is 9.57. The number of rotatable bonds is 5. The van der Waals surface area contributed by atoms with Crippen LogP contribution in [0.15, 0.2) is 0 Å². The predicted molar refractivity (Wildman–Crippen MR) is 162 cm³/mol. The van der Waals surface area contributed by atoms with Crippen molar-refractivity contribution in [3.63, 3.8) is 0 Å². The zero-order valence-electron chi connectivity index (χ0n) is 24.5. The Morgan fingerprint density at radius 1 is 0.667 bits per heavy atom. The minimum atomic E-state index is -3.87. The summed E-state index contributed by atoms with van der Waals surface area (Å²) in [5.74, 6) is 3.24. The van der Waals surface area contributed by atoms with Gasteiger partial charge in [-0.15, -0.1) is 0 Å². The zero-order valence-corrected chi connectivity index (χ0v) is 27.9. The van der Waals surface area contributed by atoms with E-state index in [2.05, 4.69) is 49.9 Å². The van der Waals surface area contributed by atoms with Gasteiger partial charge in [-0.25, -0.2) is 0 Å². The summed E-state index contributed by atoms with van der Waals surface area (Å²) in [4.78, 5) is 11.0. The van der Waals surface area contributed by atoms with Crippen molar-refractivity contribution in [2.75, 3.05) is 13.1 Å². The van der Waals surface area contributed by atoms with Gasteiger partial charge in [-0.3, -0.25) is 0 Å². The van der Waals surface area contributed by atoms with Gasteiger partial charge < -0.3 is 0 Å². The minimum absolute atomic E-state index is 0.409. The number of nitrogens with one attached hydrogen (secondary N) is 2. The molecule has 0 aromatic carbocycles. The Bertz CT molecular complexity index is 1680. The molecule has 12 aliphatic heterocycles. The first-order chi connectivity index (χ1) is 18.4. The summed E-state index contributed by atoms with van der Waals surface area (Å²) < 4.78 is 1.66. The average Bonchev–Trinajstić information content (AvgIpc) is 3.71. The first kappa shape index (κ1) is 21.1. The van der Waals surface area contributed by atoms with E-state index >= 15 is 0 Å². The number of hydrogen-bond donors (Lipinski definition) is 2. The van der Waals surface area contributed by atoms with E-state index in [0.29, 0.717) is 21.1 Å². The van der Waals surface area contributed by atoms with Gasteiger partial charge in [-0.05, 0) is 0 Å². The second-order valence-electron chi connectivity index (χ2n) is 22.2. The summed E-state index contributed by atoms with van der Waals surface area (Å²) in [6.45, 7) is 7.15. The van der Waals surface area contributed by atoms with E-state index in [-0.39, 0.29) is 0 Å². The van der Waals surface area contributed by atoms with E-state index in [1.165, 1.54) is 77.3 Å². The fourth-order valence-electron chi connectivity index (χ4n) is 28.2. The second-order valence-corrected chi connectivity index (χ2v) is 47.3. The normalized spacial score (nSPS) is 86.4. The third-order valence-electron chi connectivity index (χ3n) is 25.4. The van der Waals surface area contributed by atoms with E-state index < -0.39 is 6.51 Å². The summed E-state index contributed by atoms with van der Waals surface area (Å²) in [6, 6.07) is 1.56. The Hall–Kier alpha value is 1.30. The van der Waals surface area contributed by atoms with Gasteiger partial charge in [0, 0.05) is 0 Å². The molecule has 1 spiro atoms. The molecule has 0 amide bonds. The fraction of sp³-hybridized carbons (Fsp3) is 1.00. The third kappa shape index (κ3) is 0.543. The standard InChI is InChI=1S/C29H47N2P2.C5H5.Fe/c1-26(2,3)29(33,27-16-19-13-20(17-27)15-21(14-19)18-27)23-8-4-7-22(23)28(32,24-9-5-11-30-24)25-10-6-12-31-25;1-2-4-5-3-1;/h4,7-8,19-21,24-25,30-31H,5-6,9-18,32-33H2,1-3H3;1-5H;. The van der Waals surface area contributed by atoms with Gasteiger partial charge in [0.05, 0.1) is 0 Å². The molecule has 16 fully saturated rings. The maximum absolute atomic E-state index is 4.30. The molecular formula is C34H52FeN2P2. The maximum atomic E-state index is 4.30. The van der Waals surface area contributed by atoms with Gasteiger partial charge in [0.25, 0.3) is 0 Å². The van der Waals surface area contributed by atoms with Crippen LogP contribution in [0.3, 0.4) is 0 Å². The Kier molecular flexibility index (Phi) is 1.70. The molecule has 0 aromatic rings. The van der Waals surface area contributed by atoms with Crippen molar-refractivity contribution in [2.24, 2.45) is 28.6 Å². The summed E-state index contributed by atoms with van der Waals surface area (Å²) in [5.41, 5.74) is 1.05. The molecule has 2 nitrogen and oxygen atoms in total. The van der Waals surface area contributed by atoms with E-state index in [9.17, 15) is 0 Å². The van der Waals surface area contributed by atoms with E-state index in [1.54, 1.807) is 38.5 Å². The van der Waals surface area contributed by atoms with Gasteiger partial charge in [0.1, 0.15) is 0 Å². The molecule has 0 aromatic heterocycles. The molecule has 4 aliphatic carbocycles. The van der Waals surface area contributed by atoms with Crippen molar-refractivity contribution in [3.8, 4) is 0 Å². The molecular weight excluding hydrogens is 554 g/mol. The number of fused-ring (bicyclic) bond motifs is 10. The van der Waals surface area contributed by atoms with Crippen LogP contribution in [-0.2, 0) is 6.51 Å². The fourth-order valence-corrected chi connectivity index (χ4v) is 114. The molecule has 12 saturated heterocycles. The molecule has 16 aliphatic rings. The molecule has 10 unspecified atom stereocenters. The van der Waals surface area contributed by atoms with Crippen LogP contribution in [0.25, 0.3) is 0 Å². The third-order valence-corrected chi connectivity index (χ3v) is 72.2. The molecule has 4 bridgehead atoms. The van der Waals surface area contributed by atoms with Crippen LogP contribution in [0.2, 0.25) is 47.2 Å². The van der Waals surface area contributed by atoms with Crippen molar-refractivity contribution in [1.29, 1.82) is 0 Å². The van der Waals surface area contributed by atoms with Gasteiger partial charge in [0.15, 0.2) is 0 Å². The van der Waals surface area contributed by atoms with Crippen molar-refractivity contribution in [1.82, 2.24) is 10.6 Å². The van der Waals surface area contributed by atoms with Crippen LogP contribution in [-0.4, -0.2) is 35.5 Å². The molecule has 16 rings (SSSR count). The van der Waals surface area contributed by atoms with Crippen LogP contribution < -0.4 is 10.6 Å². The van der Waals surface area contributed by atoms with Crippen LogP contribution in [0, 0.1) is 28.6 Å². The Labute approximate surface area is 230 Å². The van der Waals surface area contributed by atoms with Crippen LogP contribution in [0.5, 0.6) is 0 Å². The topological polar surface area (TPSA) is 24.1 Å². The molecule has 10 atom stereocenters. The SMILES string of the molecule is CC(C)(C)C(P)(C12CC3CC(CC(C3)C1)C2)[C]12[CH]3[CH]4[CH]5[C]1(C(P)(C1CCCN1)C1CCCN1)[Fe]45321678[CH]2[CH]1[CH]6[CH]7[CH]28. The molecule has 4 saturated carbocycles. The average molecular weight is 607 g/mol. The Morgan fingerprint density at radius 3 is 1.49 bits per heavy atom. The molecule has 12 heterocycles. The summed E-state index contributed by atoms with van der Waals surface area (Å²) in [7, 11) is 8.04. The van der Waals surface area contributed by atoms with Gasteiger partial charge >= 0.3 is 232 Å². The van der Waals surface area contributed by atoms with E-state index in [1.807, 2.05) is 0 Å². The molecule has 39 heavy (non-hydrogen) atoms. The molecule has 0 radical (unpaired) electrons. The first-order valence-corrected chi connectivity index (χ1v) is 25.0. The molecule has 216 valence electrons. The van der Waals surface area contributed by atoms with Crippen molar-refractivity contribution in [3.05, 3.63) is 0 Å². The molecule has 2 N–H and O–H groups in total. The zero-order chi connectivity index (χ0) is 25.7. The number of hydrogen-bond acceptors (Lipinski definition) is 2. The van der Waals surface area contributed by atoms with Crippen molar-refractivity contribution >= 4 is 18.5 Å². The first-order valence-electron chi connectivity index (χ1n) is 17.6.